The molecule has 2 rings (SSSR count). The lowest BCUT2D eigenvalue weighted by Gasteiger charge is -2.17. The monoisotopic (exact) mass is 204 g/mol. The molecule has 2 nitrogen and oxygen atoms in total. The molecule has 1 aliphatic heterocycles. The van der Waals surface area contributed by atoms with Gasteiger partial charge in [-0.25, -0.2) is 4.98 Å². The van der Waals surface area contributed by atoms with Crippen molar-refractivity contribution >= 4 is 5.82 Å². The summed E-state index contributed by atoms with van der Waals surface area (Å²) in [6.45, 7) is 3.32. The summed E-state index contributed by atoms with van der Waals surface area (Å²) >= 11 is 0. The van der Waals surface area contributed by atoms with Crippen LogP contribution in [0.3, 0.4) is 0 Å². The number of nitrogens with zero attached hydrogens (tertiary/aromatic N) is 1. The number of fused-ring (bicyclic) bond motifs is 1. The summed E-state index contributed by atoms with van der Waals surface area (Å²) in [7, 11) is 0. The first-order valence-electron chi connectivity index (χ1n) is 6.13. The number of hydrogen-bond acceptors (Lipinski definition) is 2. The Balaban J connectivity index is 2.00. The van der Waals surface area contributed by atoms with Crippen molar-refractivity contribution in [3.05, 3.63) is 23.4 Å². The first kappa shape index (κ1) is 10.5. The van der Waals surface area contributed by atoms with Crippen LogP contribution in [0.2, 0.25) is 0 Å². The molecule has 2 heteroatoms. The first-order chi connectivity index (χ1) is 7.40. The van der Waals surface area contributed by atoms with E-state index in [4.69, 9.17) is 0 Å². The molecule has 2 heterocycles. The Hall–Kier alpha value is -1.05. The lowest BCUT2D eigenvalue weighted by molar-refractivity contribution is 0.705. The molecule has 1 aromatic rings. The van der Waals surface area contributed by atoms with Crippen LogP contribution in [0.5, 0.6) is 0 Å². The summed E-state index contributed by atoms with van der Waals surface area (Å²) < 4.78 is 0. The van der Waals surface area contributed by atoms with Gasteiger partial charge in [0.25, 0.3) is 0 Å². The lowest BCUT2D eigenvalue weighted by atomic mass is 10.1. The maximum atomic E-state index is 4.67. The van der Waals surface area contributed by atoms with Crippen LogP contribution in [-0.4, -0.2) is 11.5 Å². The Morgan fingerprint density at radius 2 is 2.27 bits per heavy atom. The summed E-state index contributed by atoms with van der Waals surface area (Å²) in [5.74, 6) is 1.13. The minimum Gasteiger partial charge on any atom is -0.370 e. The number of pyridine rings is 1. The zero-order valence-corrected chi connectivity index (χ0v) is 9.55. The minimum atomic E-state index is 1.08. The average Bonchev–Trinajstić information content (AvgIpc) is 2.29. The van der Waals surface area contributed by atoms with Crippen LogP contribution in [-0.2, 0) is 12.8 Å². The molecule has 15 heavy (non-hydrogen) atoms. The number of rotatable bonds is 4. The zero-order chi connectivity index (χ0) is 10.5. The van der Waals surface area contributed by atoms with Gasteiger partial charge in [-0.3, -0.25) is 0 Å². The Morgan fingerprint density at radius 3 is 3.13 bits per heavy atom. The smallest absolute Gasteiger partial charge is 0.129 e. The van der Waals surface area contributed by atoms with Crippen LogP contribution < -0.4 is 5.32 Å². The summed E-state index contributed by atoms with van der Waals surface area (Å²) in [5, 5.41) is 3.38. The Morgan fingerprint density at radius 1 is 1.33 bits per heavy atom. The predicted octanol–water partition coefficient (Wildman–Crippen LogP) is 3.17. The van der Waals surface area contributed by atoms with Gasteiger partial charge in [0.05, 0.1) is 0 Å². The van der Waals surface area contributed by atoms with Gasteiger partial charge in [0.2, 0.25) is 0 Å². The van der Waals surface area contributed by atoms with Gasteiger partial charge < -0.3 is 5.32 Å². The molecule has 0 radical (unpaired) electrons. The summed E-state index contributed by atoms with van der Waals surface area (Å²) in [5.41, 5.74) is 2.64. The molecule has 82 valence electrons. The van der Waals surface area contributed by atoms with Gasteiger partial charge >= 0.3 is 0 Å². The molecule has 1 aliphatic rings. The summed E-state index contributed by atoms with van der Waals surface area (Å²) in [6.07, 6.45) is 7.41. The molecule has 0 atom stereocenters. The number of anilines is 1. The van der Waals surface area contributed by atoms with Crippen molar-refractivity contribution in [1.82, 2.24) is 4.98 Å². The third kappa shape index (κ3) is 2.71. The topological polar surface area (TPSA) is 24.9 Å². The zero-order valence-electron chi connectivity index (χ0n) is 9.55. The molecule has 1 aromatic heterocycles. The maximum Gasteiger partial charge on any atom is 0.129 e. The van der Waals surface area contributed by atoms with Crippen LogP contribution in [0.15, 0.2) is 12.1 Å². The molecule has 0 bridgehead atoms. The predicted molar refractivity (Wildman–Crippen MR) is 64.3 cm³/mol. The third-order valence-corrected chi connectivity index (χ3v) is 2.99. The normalized spacial score (nSPS) is 14.5. The van der Waals surface area contributed by atoms with E-state index >= 15 is 0 Å². The quantitative estimate of drug-likeness (QED) is 0.762. The number of aryl methyl sites for hydroxylation is 2. The van der Waals surface area contributed by atoms with Crippen molar-refractivity contribution < 1.29 is 0 Å². The number of nitrogens with one attached hydrogen (secondary N) is 1. The fraction of sp³-hybridized carbons (Fsp3) is 0.615. The molecule has 0 fully saturated rings. The second-order valence-corrected chi connectivity index (χ2v) is 4.30. The SMILES string of the molecule is CCCCCc1ccc2c(n1)NCCC2. The average molecular weight is 204 g/mol. The molecule has 0 spiro atoms. The highest BCUT2D eigenvalue weighted by Crippen LogP contribution is 2.20. The Labute approximate surface area is 92.1 Å². The van der Waals surface area contributed by atoms with E-state index in [2.05, 4.69) is 29.4 Å². The maximum absolute atomic E-state index is 4.67. The highest BCUT2D eigenvalue weighted by molar-refractivity contribution is 5.46. The van der Waals surface area contributed by atoms with Gasteiger partial charge in [-0.05, 0) is 37.3 Å². The summed E-state index contributed by atoms with van der Waals surface area (Å²) in [4.78, 5) is 4.67. The van der Waals surface area contributed by atoms with E-state index in [9.17, 15) is 0 Å². The van der Waals surface area contributed by atoms with E-state index in [1.807, 2.05) is 0 Å². The fourth-order valence-electron chi connectivity index (χ4n) is 2.06. The van der Waals surface area contributed by atoms with Crippen molar-refractivity contribution in [2.45, 2.75) is 45.4 Å². The van der Waals surface area contributed by atoms with Crippen molar-refractivity contribution in [1.29, 1.82) is 0 Å². The van der Waals surface area contributed by atoms with E-state index in [0.29, 0.717) is 0 Å². The van der Waals surface area contributed by atoms with Crippen molar-refractivity contribution in [2.75, 3.05) is 11.9 Å². The highest BCUT2D eigenvalue weighted by Gasteiger charge is 2.09. The Bertz CT molecular complexity index is 320. The number of hydrogen-bond donors (Lipinski definition) is 1. The first-order valence-corrected chi connectivity index (χ1v) is 6.13. The van der Waals surface area contributed by atoms with Crippen LogP contribution >= 0.6 is 0 Å². The standard InChI is InChI=1S/C13H20N2/c1-2-3-4-7-12-9-8-11-6-5-10-14-13(11)15-12/h8-9H,2-7,10H2,1H3,(H,14,15). The van der Waals surface area contributed by atoms with Gasteiger partial charge in [0, 0.05) is 12.2 Å². The van der Waals surface area contributed by atoms with Crippen molar-refractivity contribution in [3.63, 3.8) is 0 Å². The molecule has 0 aromatic carbocycles. The van der Waals surface area contributed by atoms with Crippen LogP contribution in [0.4, 0.5) is 5.82 Å². The van der Waals surface area contributed by atoms with Crippen molar-refractivity contribution in [2.24, 2.45) is 0 Å². The van der Waals surface area contributed by atoms with E-state index in [0.717, 1.165) is 18.8 Å². The van der Waals surface area contributed by atoms with Gasteiger partial charge in [-0.1, -0.05) is 25.8 Å². The molecule has 0 unspecified atom stereocenters. The number of unbranched alkanes of at least 4 members (excludes halogenated alkanes) is 2. The molecular weight excluding hydrogens is 184 g/mol. The summed E-state index contributed by atoms with van der Waals surface area (Å²) in [6, 6.07) is 4.44. The fourth-order valence-corrected chi connectivity index (χ4v) is 2.06. The minimum absolute atomic E-state index is 1.08. The van der Waals surface area contributed by atoms with Crippen LogP contribution in [0.25, 0.3) is 0 Å². The van der Waals surface area contributed by atoms with Crippen LogP contribution in [0, 0.1) is 0 Å². The van der Waals surface area contributed by atoms with Gasteiger partial charge in [0.1, 0.15) is 5.82 Å². The lowest BCUT2D eigenvalue weighted by Crippen LogP contribution is -2.13. The van der Waals surface area contributed by atoms with Gasteiger partial charge in [-0.2, -0.15) is 0 Å². The molecular formula is C13H20N2. The second kappa shape index (κ2) is 5.15. The third-order valence-electron chi connectivity index (χ3n) is 2.99. The molecule has 1 N–H and O–H groups in total. The largest absolute Gasteiger partial charge is 0.370 e. The molecule has 0 amide bonds. The van der Waals surface area contributed by atoms with E-state index in [1.54, 1.807) is 0 Å². The highest BCUT2D eigenvalue weighted by atomic mass is 15.0. The molecule has 0 aliphatic carbocycles. The van der Waals surface area contributed by atoms with E-state index < -0.39 is 0 Å². The second-order valence-electron chi connectivity index (χ2n) is 4.30. The van der Waals surface area contributed by atoms with Gasteiger partial charge in [0.15, 0.2) is 0 Å². The van der Waals surface area contributed by atoms with Gasteiger partial charge in [-0.15, -0.1) is 0 Å². The number of aromatic nitrogens is 1. The Kier molecular flexibility index (Phi) is 3.59. The van der Waals surface area contributed by atoms with Crippen molar-refractivity contribution in [3.8, 4) is 0 Å². The van der Waals surface area contributed by atoms with E-state index in [1.165, 1.54) is 43.4 Å². The molecule has 0 saturated heterocycles. The van der Waals surface area contributed by atoms with E-state index in [-0.39, 0.29) is 0 Å². The molecule has 0 saturated carbocycles. The van der Waals surface area contributed by atoms with Crippen LogP contribution in [0.1, 0.15) is 43.9 Å².